The van der Waals surface area contributed by atoms with E-state index in [1.165, 1.54) is 16.7 Å². The zero-order chi connectivity index (χ0) is 29.7. The van der Waals surface area contributed by atoms with E-state index >= 15 is 0 Å². The molecule has 9 nitrogen and oxygen atoms in total. The van der Waals surface area contributed by atoms with Crippen molar-refractivity contribution in [2.45, 2.75) is 25.6 Å². The van der Waals surface area contributed by atoms with E-state index in [9.17, 15) is 22.8 Å². The van der Waals surface area contributed by atoms with Crippen LogP contribution in [0.4, 0.5) is 13.2 Å². The number of amides is 1. The van der Waals surface area contributed by atoms with Crippen LogP contribution in [0.15, 0.2) is 65.6 Å². The van der Waals surface area contributed by atoms with Crippen LogP contribution >= 0.6 is 0 Å². The third kappa shape index (κ3) is 6.87. The first-order valence-electron chi connectivity index (χ1n) is 13.6. The molecule has 3 heterocycles. The molecule has 218 valence electrons. The molecular weight excluding hydrogens is 549 g/mol. The summed E-state index contributed by atoms with van der Waals surface area (Å²) in [6, 6.07) is 16.7. The number of hydrogen-bond acceptors (Lipinski definition) is 6. The van der Waals surface area contributed by atoms with Crippen molar-refractivity contribution in [1.82, 2.24) is 24.2 Å². The molecule has 1 aliphatic heterocycles. The number of imidazole rings is 1. The van der Waals surface area contributed by atoms with Gasteiger partial charge in [-0.2, -0.15) is 18.4 Å². The molecule has 2 aromatic carbocycles. The Morgan fingerprint density at radius 1 is 1.02 bits per heavy atom. The highest BCUT2D eigenvalue weighted by atomic mass is 19.4. The molecule has 1 aliphatic rings. The average Bonchev–Trinajstić information content (AvgIpc) is 3.45. The van der Waals surface area contributed by atoms with E-state index in [1.807, 2.05) is 6.07 Å². The van der Waals surface area contributed by atoms with Gasteiger partial charge in [0.1, 0.15) is 0 Å². The SMILES string of the molecule is N#Cc1ccc(-c2cn3c(=O)cc(-c4ccc(C(=O)NCCN5CCOCC5)cc4)n(CCCC(F)(F)F)c3n2)cc1. The molecular formula is C30H29F3N6O3. The molecule has 42 heavy (non-hydrogen) atoms. The fraction of sp³-hybridized carbons (Fsp3) is 0.333. The first kappa shape index (κ1) is 29.0. The number of nitrogens with zero attached hydrogens (tertiary/aromatic N) is 5. The molecule has 1 amide bonds. The second-order valence-electron chi connectivity index (χ2n) is 10.0. The molecule has 0 spiro atoms. The summed E-state index contributed by atoms with van der Waals surface area (Å²) < 4.78 is 47.3. The number of aryl methyl sites for hydroxylation is 1. The number of aromatic nitrogens is 3. The molecule has 0 unspecified atom stereocenters. The Morgan fingerprint density at radius 2 is 1.71 bits per heavy atom. The Morgan fingerprint density at radius 3 is 2.38 bits per heavy atom. The normalized spacial score (nSPS) is 14.1. The molecule has 1 fully saturated rings. The van der Waals surface area contributed by atoms with E-state index < -0.39 is 18.2 Å². The van der Waals surface area contributed by atoms with E-state index in [-0.39, 0.29) is 24.7 Å². The maximum Gasteiger partial charge on any atom is 0.389 e. The van der Waals surface area contributed by atoms with Gasteiger partial charge in [-0.1, -0.05) is 24.3 Å². The fourth-order valence-corrected chi connectivity index (χ4v) is 4.89. The number of hydrogen-bond donors (Lipinski definition) is 1. The van der Waals surface area contributed by atoms with Crippen molar-refractivity contribution in [2.75, 3.05) is 39.4 Å². The largest absolute Gasteiger partial charge is 0.389 e. The third-order valence-electron chi connectivity index (χ3n) is 7.13. The summed E-state index contributed by atoms with van der Waals surface area (Å²) in [5, 5.41) is 12.0. The van der Waals surface area contributed by atoms with Gasteiger partial charge in [-0.3, -0.25) is 18.9 Å². The van der Waals surface area contributed by atoms with Crippen LogP contribution in [-0.2, 0) is 11.3 Å². The number of carbonyl (C=O) groups excluding carboxylic acids is 1. The lowest BCUT2D eigenvalue weighted by Crippen LogP contribution is -2.41. The number of carbonyl (C=O) groups is 1. The summed E-state index contributed by atoms with van der Waals surface area (Å²) in [6.07, 6.45) is -3.99. The first-order chi connectivity index (χ1) is 20.2. The molecule has 0 saturated carbocycles. The van der Waals surface area contributed by atoms with Crippen molar-refractivity contribution >= 4 is 11.7 Å². The lowest BCUT2D eigenvalue weighted by Gasteiger charge is -2.26. The summed E-state index contributed by atoms with van der Waals surface area (Å²) in [7, 11) is 0. The van der Waals surface area contributed by atoms with Crippen molar-refractivity contribution in [3.05, 3.63) is 82.3 Å². The van der Waals surface area contributed by atoms with Crippen molar-refractivity contribution in [3.8, 4) is 28.6 Å². The summed E-state index contributed by atoms with van der Waals surface area (Å²) >= 11 is 0. The third-order valence-corrected chi connectivity index (χ3v) is 7.13. The number of nitrogens with one attached hydrogen (secondary N) is 1. The van der Waals surface area contributed by atoms with Crippen LogP contribution in [-0.4, -0.2) is 70.3 Å². The number of morpholine rings is 1. The van der Waals surface area contributed by atoms with Crippen LogP contribution in [0.2, 0.25) is 0 Å². The Balaban J connectivity index is 1.42. The number of rotatable bonds is 9. The minimum absolute atomic E-state index is 0.0355. The quantitative estimate of drug-likeness (QED) is 0.321. The molecule has 12 heteroatoms. The Labute approximate surface area is 239 Å². The van der Waals surface area contributed by atoms with Crippen molar-refractivity contribution in [2.24, 2.45) is 0 Å². The van der Waals surface area contributed by atoms with Gasteiger partial charge in [0.25, 0.3) is 11.5 Å². The van der Waals surface area contributed by atoms with Crippen molar-refractivity contribution in [3.63, 3.8) is 0 Å². The second kappa shape index (κ2) is 12.6. The van der Waals surface area contributed by atoms with E-state index in [0.29, 0.717) is 59.9 Å². The number of fused-ring (bicyclic) bond motifs is 1. The van der Waals surface area contributed by atoms with Crippen LogP contribution in [0.5, 0.6) is 0 Å². The number of nitriles is 1. The molecule has 1 N–H and O–H groups in total. The van der Waals surface area contributed by atoms with Crippen LogP contribution in [0.25, 0.3) is 28.3 Å². The van der Waals surface area contributed by atoms with Crippen LogP contribution < -0.4 is 10.9 Å². The van der Waals surface area contributed by atoms with Crippen molar-refractivity contribution < 1.29 is 22.7 Å². The van der Waals surface area contributed by atoms with Crippen LogP contribution in [0.3, 0.4) is 0 Å². The minimum atomic E-state index is -4.32. The van der Waals surface area contributed by atoms with E-state index in [2.05, 4.69) is 15.2 Å². The van der Waals surface area contributed by atoms with Gasteiger partial charge in [-0.25, -0.2) is 4.98 Å². The van der Waals surface area contributed by atoms with Crippen LogP contribution in [0, 0.1) is 11.3 Å². The Kier molecular flexibility index (Phi) is 8.70. The molecule has 0 bridgehead atoms. The molecule has 5 rings (SSSR count). The predicted octanol–water partition coefficient (Wildman–Crippen LogP) is 4.11. The maximum absolute atomic E-state index is 13.1. The summed E-state index contributed by atoms with van der Waals surface area (Å²) in [4.78, 5) is 32.6. The van der Waals surface area contributed by atoms with Gasteiger partial charge < -0.3 is 14.6 Å². The Hall–Kier alpha value is -4.47. The van der Waals surface area contributed by atoms with Gasteiger partial charge in [0.15, 0.2) is 0 Å². The van der Waals surface area contributed by atoms with Gasteiger partial charge in [-0.05, 0) is 36.2 Å². The van der Waals surface area contributed by atoms with Gasteiger partial charge in [0.05, 0.1) is 36.2 Å². The monoisotopic (exact) mass is 578 g/mol. The molecule has 0 atom stereocenters. The smallest absolute Gasteiger partial charge is 0.379 e. The number of halogens is 3. The average molecular weight is 579 g/mol. The fourth-order valence-electron chi connectivity index (χ4n) is 4.89. The molecule has 1 saturated heterocycles. The van der Waals surface area contributed by atoms with Gasteiger partial charge in [0.2, 0.25) is 5.78 Å². The topological polar surface area (TPSA) is 105 Å². The standard InChI is InChI=1S/C30H29F3N6O3/c31-30(32,33)10-1-12-38-26(18-27(40)39-20-25(36-29(38)39)22-4-2-21(19-34)3-5-22)23-6-8-24(9-7-23)28(41)35-11-13-37-14-16-42-17-15-37/h2-9,18,20H,1,10-17H2,(H,35,41). The highest BCUT2D eigenvalue weighted by molar-refractivity contribution is 5.94. The summed E-state index contributed by atoms with van der Waals surface area (Å²) in [6.45, 7) is 4.17. The molecule has 0 aliphatic carbocycles. The number of ether oxygens (including phenoxy) is 1. The van der Waals surface area contributed by atoms with E-state index in [0.717, 1.165) is 13.1 Å². The highest BCUT2D eigenvalue weighted by Gasteiger charge is 2.26. The van der Waals surface area contributed by atoms with Crippen LogP contribution in [0.1, 0.15) is 28.8 Å². The van der Waals surface area contributed by atoms with E-state index in [1.54, 1.807) is 53.1 Å². The molecule has 2 aromatic heterocycles. The zero-order valence-corrected chi connectivity index (χ0v) is 22.7. The minimum Gasteiger partial charge on any atom is -0.379 e. The summed E-state index contributed by atoms with van der Waals surface area (Å²) in [5.41, 5.74) is 2.55. The van der Waals surface area contributed by atoms with E-state index in [4.69, 9.17) is 10.00 Å². The van der Waals surface area contributed by atoms with Gasteiger partial charge >= 0.3 is 6.18 Å². The number of alkyl halides is 3. The Bertz CT molecular complexity index is 1650. The van der Waals surface area contributed by atoms with Crippen molar-refractivity contribution in [1.29, 1.82) is 5.26 Å². The highest BCUT2D eigenvalue weighted by Crippen LogP contribution is 2.27. The van der Waals surface area contributed by atoms with Gasteiger partial charge in [0, 0.05) is 62.5 Å². The predicted molar refractivity (Wildman–Crippen MR) is 150 cm³/mol. The lowest BCUT2D eigenvalue weighted by molar-refractivity contribution is -0.135. The molecule has 4 aromatic rings. The first-order valence-corrected chi connectivity index (χ1v) is 13.6. The maximum atomic E-state index is 13.1. The second-order valence-corrected chi connectivity index (χ2v) is 10.0. The number of benzene rings is 2. The van der Waals surface area contributed by atoms with Gasteiger partial charge in [-0.15, -0.1) is 0 Å². The summed E-state index contributed by atoms with van der Waals surface area (Å²) in [5.74, 6) is -0.0443. The molecule has 0 radical (unpaired) electrons. The lowest BCUT2D eigenvalue weighted by atomic mass is 10.1. The zero-order valence-electron chi connectivity index (χ0n) is 22.7.